The lowest BCUT2D eigenvalue weighted by molar-refractivity contribution is 0.548. The third kappa shape index (κ3) is 3.67. The van der Waals surface area contributed by atoms with Crippen molar-refractivity contribution < 1.29 is 17.2 Å². The molecule has 0 radical (unpaired) electrons. The van der Waals surface area contributed by atoms with E-state index in [0.717, 1.165) is 11.8 Å². The van der Waals surface area contributed by atoms with E-state index in [2.05, 4.69) is 15.3 Å². The van der Waals surface area contributed by atoms with Crippen LogP contribution < -0.4 is 16.2 Å². The normalized spacial score (nSPS) is 11.7. The molecule has 0 saturated heterocycles. The summed E-state index contributed by atoms with van der Waals surface area (Å²) in [7, 11) is -4.36. The number of benzene rings is 1. The van der Waals surface area contributed by atoms with Crippen molar-refractivity contribution in [2.75, 3.05) is 11.1 Å². The second-order valence-electron chi connectivity index (χ2n) is 6.08. The number of hydrogen-bond donors (Lipinski definition) is 3. The molecule has 0 fully saturated rings. The highest BCUT2D eigenvalue weighted by Gasteiger charge is 2.19. The maximum atomic E-state index is 14.2. The van der Waals surface area contributed by atoms with E-state index in [9.17, 15) is 17.2 Å². The zero-order chi connectivity index (χ0) is 19.9. The first kappa shape index (κ1) is 18.9. The Morgan fingerprint density at radius 1 is 1.11 bits per heavy atom. The first-order valence-corrected chi connectivity index (χ1v) is 9.40. The zero-order valence-corrected chi connectivity index (χ0v) is 15.4. The van der Waals surface area contributed by atoms with Crippen molar-refractivity contribution in [3.63, 3.8) is 0 Å². The van der Waals surface area contributed by atoms with Crippen LogP contribution in [0.1, 0.15) is 17.0 Å². The minimum atomic E-state index is -4.36. The van der Waals surface area contributed by atoms with Gasteiger partial charge < -0.3 is 11.1 Å². The smallest absolute Gasteiger partial charge is 0.241 e. The van der Waals surface area contributed by atoms with Crippen LogP contribution in [-0.2, 0) is 16.6 Å². The summed E-state index contributed by atoms with van der Waals surface area (Å²) < 4.78 is 50.8. The van der Waals surface area contributed by atoms with Crippen LogP contribution in [0.4, 0.5) is 20.2 Å². The standard InChI is InChI=1S/C17H17F2N5O2S/c1-8-3-4-11-16(15(20)9(2)24-17(11)23-8)22-7-10-5-13(19)14(6-12(10)18)27(21,25)26/h3-6H,7,20H2,1-2H3,(H2,21,25,26)(H,22,23,24). The number of hydrogen-bond acceptors (Lipinski definition) is 6. The van der Waals surface area contributed by atoms with Crippen LogP contribution in [0.3, 0.4) is 0 Å². The summed E-state index contributed by atoms with van der Waals surface area (Å²) in [5.74, 6) is -2.03. The van der Waals surface area contributed by atoms with Gasteiger partial charge in [0.15, 0.2) is 5.65 Å². The topological polar surface area (TPSA) is 124 Å². The molecule has 0 aliphatic heterocycles. The fourth-order valence-electron chi connectivity index (χ4n) is 2.67. The van der Waals surface area contributed by atoms with E-state index in [1.807, 2.05) is 6.92 Å². The molecular weight excluding hydrogens is 376 g/mol. The van der Waals surface area contributed by atoms with E-state index in [1.54, 1.807) is 19.1 Å². The van der Waals surface area contributed by atoms with Crippen molar-refractivity contribution in [2.45, 2.75) is 25.3 Å². The van der Waals surface area contributed by atoms with Gasteiger partial charge >= 0.3 is 0 Å². The van der Waals surface area contributed by atoms with Crippen molar-refractivity contribution in [1.82, 2.24) is 9.97 Å². The van der Waals surface area contributed by atoms with Gasteiger partial charge in [0.05, 0.1) is 17.1 Å². The summed E-state index contributed by atoms with van der Waals surface area (Å²) in [6, 6.07) is 4.91. The van der Waals surface area contributed by atoms with Crippen LogP contribution in [0.15, 0.2) is 29.2 Å². The number of sulfonamides is 1. The summed E-state index contributed by atoms with van der Waals surface area (Å²) >= 11 is 0. The third-order valence-electron chi connectivity index (χ3n) is 4.08. The second-order valence-corrected chi connectivity index (χ2v) is 7.61. The average molecular weight is 393 g/mol. The van der Waals surface area contributed by atoms with E-state index in [-0.39, 0.29) is 12.1 Å². The van der Waals surface area contributed by atoms with Crippen LogP contribution in [0, 0.1) is 25.5 Å². The van der Waals surface area contributed by atoms with Crippen LogP contribution in [0.2, 0.25) is 0 Å². The molecule has 0 atom stereocenters. The van der Waals surface area contributed by atoms with Crippen LogP contribution in [-0.4, -0.2) is 18.4 Å². The highest BCUT2D eigenvalue weighted by molar-refractivity contribution is 7.89. The van der Waals surface area contributed by atoms with Crippen molar-refractivity contribution in [2.24, 2.45) is 5.14 Å². The summed E-state index contributed by atoms with van der Waals surface area (Å²) in [6.45, 7) is 3.40. The number of nitrogens with zero attached hydrogens (tertiary/aromatic N) is 2. The Kier molecular flexibility index (Phi) is 4.70. The summed E-state index contributed by atoms with van der Waals surface area (Å²) in [6.07, 6.45) is 0. The molecule has 0 saturated carbocycles. The molecule has 10 heteroatoms. The molecule has 0 spiro atoms. The van der Waals surface area contributed by atoms with Gasteiger partial charge in [-0.25, -0.2) is 32.3 Å². The molecule has 3 rings (SSSR count). The van der Waals surface area contributed by atoms with Gasteiger partial charge in [0, 0.05) is 23.2 Å². The second kappa shape index (κ2) is 6.71. The van der Waals surface area contributed by atoms with Crippen molar-refractivity contribution in [3.8, 4) is 0 Å². The fourth-order valence-corrected chi connectivity index (χ4v) is 3.26. The number of aromatic nitrogens is 2. The number of nitrogen functional groups attached to an aromatic ring is 1. The highest BCUT2D eigenvalue weighted by atomic mass is 32.2. The molecule has 142 valence electrons. The lowest BCUT2D eigenvalue weighted by Gasteiger charge is -2.15. The Hall–Kier alpha value is -2.85. The Balaban J connectivity index is 2.01. The van der Waals surface area contributed by atoms with E-state index in [4.69, 9.17) is 10.9 Å². The Morgan fingerprint density at radius 3 is 2.48 bits per heavy atom. The van der Waals surface area contributed by atoms with Gasteiger partial charge in [0.1, 0.15) is 16.5 Å². The van der Waals surface area contributed by atoms with Crippen molar-refractivity contribution in [3.05, 3.63) is 52.9 Å². The maximum absolute atomic E-state index is 14.2. The molecule has 0 aliphatic rings. The maximum Gasteiger partial charge on any atom is 0.241 e. The number of primary sulfonamides is 1. The van der Waals surface area contributed by atoms with Gasteiger partial charge in [0.2, 0.25) is 10.0 Å². The molecule has 0 amide bonds. The Morgan fingerprint density at radius 2 is 1.81 bits per heavy atom. The molecule has 7 nitrogen and oxygen atoms in total. The predicted octanol–water partition coefficient (Wildman–Crippen LogP) is 2.37. The van der Waals surface area contributed by atoms with Gasteiger partial charge in [-0.3, -0.25) is 0 Å². The minimum absolute atomic E-state index is 0.0815. The van der Waals surface area contributed by atoms with E-state index >= 15 is 0 Å². The zero-order valence-electron chi connectivity index (χ0n) is 14.5. The molecule has 0 unspecified atom stereocenters. The van der Waals surface area contributed by atoms with Crippen LogP contribution in [0.25, 0.3) is 11.0 Å². The predicted molar refractivity (Wildman–Crippen MR) is 98.5 cm³/mol. The minimum Gasteiger partial charge on any atom is -0.396 e. The largest absolute Gasteiger partial charge is 0.396 e. The van der Waals surface area contributed by atoms with Gasteiger partial charge in [-0.15, -0.1) is 0 Å². The molecule has 2 aromatic heterocycles. The molecule has 3 aromatic rings. The fraction of sp³-hybridized carbons (Fsp3) is 0.176. The van der Waals surface area contributed by atoms with E-state index < -0.39 is 26.6 Å². The molecule has 2 heterocycles. The molecule has 0 bridgehead atoms. The van der Waals surface area contributed by atoms with Gasteiger partial charge in [0.25, 0.3) is 0 Å². The number of fused-ring (bicyclic) bond motifs is 1. The summed E-state index contributed by atoms with van der Waals surface area (Å²) in [4.78, 5) is 7.78. The molecule has 5 N–H and O–H groups in total. The molecule has 0 aliphatic carbocycles. The van der Waals surface area contributed by atoms with E-state index in [0.29, 0.717) is 34.2 Å². The number of aryl methyl sites for hydroxylation is 2. The van der Waals surface area contributed by atoms with Gasteiger partial charge in [-0.05, 0) is 38.1 Å². The molecule has 1 aromatic carbocycles. The number of anilines is 2. The van der Waals surface area contributed by atoms with E-state index in [1.165, 1.54) is 0 Å². The third-order valence-corrected chi connectivity index (χ3v) is 5.01. The number of rotatable bonds is 4. The first-order valence-electron chi connectivity index (χ1n) is 7.86. The SMILES string of the molecule is Cc1ccc2c(NCc3cc(F)c(S(N)(=O)=O)cc3F)c(N)c(C)nc2n1. The number of nitrogens with two attached hydrogens (primary N) is 2. The Bertz CT molecular complexity index is 1170. The lowest BCUT2D eigenvalue weighted by Crippen LogP contribution is -2.15. The van der Waals surface area contributed by atoms with Crippen molar-refractivity contribution in [1.29, 1.82) is 0 Å². The van der Waals surface area contributed by atoms with Crippen molar-refractivity contribution >= 4 is 32.4 Å². The van der Waals surface area contributed by atoms with Gasteiger partial charge in [-0.2, -0.15) is 0 Å². The number of pyridine rings is 2. The monoisotopic (exact) mass is 393 g/mol. The Labute approximate surface area is 154 Å². The summed E-state index contributed by atoms with van der Waals surface area (Å²) in [5, 5.41) is 8.47. The van der Waals surface area contributed by atoms with Gasteiger partial charge in [-0.1, -0.05) is 0 Å². The highest BCUT2D eigenvalue weighted by Crippen LogP contribution is 2.30. The molecular formula is C17H17F2N5O2S. The summed E-state index contributed by atoms with van der Waals surface area (Å²) in [5.41, 5.74) is 8.63. The number of nitrogens with one attached hydrogen (secondary N) is 1. The van der Waals surface area contributed by atoms with Crippen LogP contribution >= 0.6 is 0 Å². The van der Waals surface area contributed by atoms with Crippen LogP contribution in [0.5, 0.6) is 0 Å². The first-order chi connectivity index (χ1) is 12.6. The average Bonchev–Trinajstić information content (AvgIpc) is 2.56. The molecule has 27 heavy (non-hydrogen) atoms. The lowest BCUT2D eigenvalue weighted by atomic mass is 10.1. The number of halogens is 2. The quantitative estimate of drug-likeness (QED) is 0.625.